The Labute approximate surface area is 90.3 Å². The Kier molecular flexibility index (Phi) is 3.88. The fourth-order valence-electron chi connectivity index (χ4n) is 1.96. The van der Waals surface area contributed by atoms with Crippen molar-refractivity contribution in [2.24, 2.45) is 0 Å². The Morgan fingerprint density at radius 1 is 1.67 bits per heavy atom. The number of carbonyl (C=O) groups excluding carboxylic acids is 2. The molecule has 0 aromatic heterocycles. The van der Waals surface area contributed by atoms with Crippen LogP contribution in [0.15, 0.2) is 12.7 Å². The van der Waals surface area contributed by atoms with Gasteiger partial charge in [-0.25, -0.2) is 0 Å². The van der Waals surface area contributed by atoms with E-state index < -0.39 is 0 Å². The Bertz CT molecular complexity index is 276. The average Bonchev–Trinajstić information content (AvgIpc) is 2.21. The third-order valence-corrected chi connectivity index (χ3v) is 2.71. The summed E-state index contributed by atoms with van der Waals surface area (Å²) in [5, 5.41) is 2.60. The van der Waals surface area contributed by atoms with Crippen molar-refractivity contribution in [1.29, 1.82) is 0 Å². The van der Waals surface area contributed by atoms with E-state index >= 15 is 0 Å². The molecule has 2 unspecified atom stereocenters. The number of hydrogen-bond acceptors (Lipinski definition) is 2. The summed E-state index contributed by atoms with van der Waals surface area (Å²) >= 11 is 0. The average molecular weight is 210 g/mol. The number of hydrogen-bond donors (Lipinski definition) is 1. The fourth-order valence-corrected chi connectivity index (χ4v) is 1.96. The zero-order chi connectivity index (χ0) is 11.4. The van der Waals surface area contributed by atoms with Crippen LogP contribution in [0.4, 0.5) is 0 Å². The number of rotatable bonds is 4. The predicted molar refractivity (Wildman–Crippen MR) is 58.2 cm³/mol. The molecular formula is C11H18N2O2. The number of nitrogens with one attached hydrogen (secondary N) is 1. The Morgan fingerprint density at radius 3 is 2.87 bits per heavy atom. The van der Waals surface area contributed by atoms with E-state index in [0.29, 0.717) is 6.42 Å². The van der Waals surface area contributed by atoms with Gasteiger partial charge in [0.2, 0.25) is 11.8 Å². The van der Waals surface area contributed by atoms with Gasteiger partial charge >= 0.3 is 0 Å². The van der Waals surface area contributed by atoms with Gasteiger partial charge < -0.3 is 10.2 Å². The zero-order valence-electron chi connectivity index (χ0n) is 9.32. The lowest BCUT2D eigenvalue weighted by Gasteiger charge is -2.38. The van der Waals surface area contributed by atoms with Gasteiger partial charge in [0.1, 0.15) is 6.04 Å². The van der Waals surface area contributed by atoms with E-state index in [1.54, 1.807) is 11.0 Å². The second-order valence-corrected chi connectivity index (χ2v) is 3.82. The van der Waals surface area contributed by atoms with Crippen LogP contribution >= 0.6 is 0 Å². The van der Waals surface area contributed by atoms with Crippen molar-refractivity contribution in [3.63, 3.8) is 0 Å². The fraction of sp³-hybridized carbons (Fsp3) is 0.636. The summed E-state index contributed by atoms with van der Waals surface area (Å²) < 4.78 is 0. The molecular weight excluding hydrogens is 192 g/mol. The Hall–Kier alpha value is -1.32. The normalized spacial score (nSPS) is 23.6. The summed E-state index contributed by atoms with van der Waals surface area (Å²) in [5.41, 5.74) is 0. The third kappa shape index (κ3) is 2.37. The number of piperazine rings is 1. The standard InChI is InChI=1S/C11H18N2O2/c1-4-6-8(3)13-9(5-2)11(15)12-7-10(13)14/h4,8-9H,1,5-7H2,2-3H3,(H,12,15). The molecule has 1 saturated heterocycles. The highest BCUT2D eigenvalue weighted by atomic mass is 16.2. The van der Waals surface area contributed by atoms with Crippen molar-refractivity contribution < 1.29 is 9.59 Å². The summed E-state index contributed by atoms with van der Waals surface area (Å²) in [6.07, 6.45) is 3.14. The van der Waals surface area contributed by atoms with Crippen LogP contribution < -0.4 is 5.32 Å². The maximum Gasteiger partial charge on any atom is 0.243 e. The van der Waals surface area contributed by atoms with Gasteiger partial charge in [0.15, 0.2) is 0 Å². The van der Waals surface area contributed by atoms with E-state index in [-0.39, 0.29) is 30.4 Å². The maximum atomic E-state index is 11.7. The molecule has 1 rings (SSSR count). The molecule has 1 aliphatic rings. The van der Waals surface area contributed by atoms with Crippen LogP contribution in [0.3, 0.4) is 0 Å². The lowest BCUT2D eigenvalue weighted by molar-refractivity contribution is -0.148. The first-order chi connectivity index (χ1) is 7.11. The van der Waals surface area contributed by atoms with E-state index in [2.05, 4.69) is 11.9 Å². The molecule has 1 N–H and O–H groups in total. The molecule has 4 heteroatoms. The molecule has 0 radical (unpaired) electrons. The minimum Gasteiger partial charge on any atom is -0.345 e. The van der Waals surface area contributed by atoms with Crippen molar-refractivity contribution in [3.8, 4) is 0 Å². The largest absolute Gasteiger partial charge is 0.345 e. The first-order valence-corrected chi connectivity index (χ1v) is 5.31. The van der Waals surface area contributed by atoms with Crippen molar-refractivity contribution in [2.45, 2.75) is 38.8 Å². The Morgan fingerprint density at radius 2 is 2.33 bits per heavy atom. The van der Waals surface area contributed by atoms with Crippen molar-refractivity contribution >= 4 is 11.8 Å². The van der Waals surface area contributed by atoms with Crippen LogP contribution in [0, 0.1) is 0 Å². The first kappa shape index (κ1) is 11.8. The predicted octanol–water partition coefficient (Wildman–Crippen LogP) is 0.688. The molecule has 0 spiro atoms. The topological polar surface area (TPSA) is 49.4 Å². The number of amides is 2. The van der Waals surface area contributed by atoms with Crippen LogP contribution in [-0.4, -0.2) is 35.3 Å². The lowest BCUT2D eigenvalue weighted by atomic mass is 10.0. The van der Waals surface area contributed by atoms with Gasteiger partial charge in [-0.15, -0.1) is 6.58 Å². The molecule has 0 bridgehead atoms. The number of nitrogens with zero attached hydrogens (tertiary/aromatic N) is 1. The smallest absolute Gasteiger partial charge is 0.243 e. The van der Waals surface area contributed by atoms with Gasteiger partial charge in [0, 0.05) is 6.04 Å². The van der Waals surface area contributed by atoms with Gasteiger partial charge in [-0.3, -0.25) is 9.59 Å². The Balaban J connectivity index is 2.82. The second-order valence-electron chi connectivity index (χ2n) is 3.82. The quantitative estimate of drug-likeness (QED) is 0.694. The SMILES string of the molecule is C=CCC(C)N1C(=O)CNC(=O)C1CC. The van der Waals surface area contributed by atoms with Crippen LogP contribution in [0.1, 0.15) is 26.7 Å². The molecule has 1 aliphatic heterocycles. The first-order valence-electron chi connectivity index (χ1n) is 5.31. The third-order valence-electron chi connectivity index (χ3n) is 2.71. The molecule has 0 aromatic rings. The molecule has 2 amide bonds. The molecule has 2 atom stereocenters. The zero-order valence-corrected chi connectivity index (χ0v) is 9.32. The summed E-state index contributed by atoms with van der Waals surface area (Å²) in [4.78, 5) is 24.9. The van der Waals surface area contributed by atoms with Crippen LogP contribution in [-0.2, 0) is 9.59 Å². The van der Waals surface area contributed by atoms with Crippen LogP contribution in [0.2, 0.25) is 0 Å². The number of carbonyl (C=O) groups is 2. The monoisotopic (exact) mass is 210 g/mol. The lowest BCUT2D eigenvalue weighted by Crippen LogP contribution is -2.60. The van der Waals surface area contributed by atoms with E-state index in [4.69, 9.17) is 0 Å². The van der Waals surface area contributed by atoms with E-state index in [9.17, 15) is 9.59 Å². The van der Waals surface area contributed by atoms with Crippen molar-refractivity contribution in [1.82, 2.24) is 10.2 Å². The van der Waals surface area contributed by atoms with Crippen LogP contribution in [0.5, 0.6) is 0 Å². The highest BCUT2D eigenvalue weighted by molar-refractivity contribution is 5.94. The van der Waals surface area contributed by atoms with Gasteiger partial charge in [0.25, 0.3) is 0 Å². The van der Waals surface area contributed by atoms with Gasteiger partial charge in [-0.1, -0.05) is 13.0 Å². The minimum absolute atomic E-state index is 0.00389. The maximum absolute atomic E-state index is 11.7. The summed E-state index contributed by atoms with van der Waals surface area (Å²) in [5.74, 6) is -0.0520. The van der Waals surface area contributed by atoms with E-state index in [0.717, 1.165) is 6.42 Å². The van der Waals surface area contributed by atoms with Gasteiger partial charge in [-0.2, -0.15) is 0 Å². The molecule has 0 saturated carbocycles. The molecule has 15 heavy (non-hydrogen) atoms. The minimum atomic E-state index is -0.318. The highest BCUT2D eigenvalue weighted by Gasteiger charge is 2.35. The molecule has 1 heterocycles. The molecule has 1 fully saturated rings. The van der Waals surface area contributed by atoms with Crippen molar-refractivity contribution in [3.05, 3.63) is 12.7 Å². The van der Waals surface area contributed by atoms with E-state index in [1.165, 1.54) is 0 Å². The van der Waals surface area contributed by atoms with Crippen molar-refractivity contribution in [2.75, 3.05) is 6.54 Å². The molecule has 0 aromatic carbocycles. The van der Waals surface area contributed by atoms with Gasteiger partial charge in [0.05, 0.1) is 6.54 Å². The van der Waals surface area contributed by atoms with Gasteiger partial charge in [-0.05, 0) is 19.8 Å². The molecule has 0 aliphatic carbocycles. The highest BCUT2D eigenvalue weighted by Crippen LogP contribution is 2.15. The summed E-state index contributed by atoms with van der Waals surface area (Å²) in [6.45, 7) is 7.63. The second kappa shape index (κ2) is 4.96. The molecule has 4 nitrogen and oxygen atoms in total. The van der Waals surface area contributed by atoms with Crippen LogP contribution in [0.25, 0.3) is 0 Å². The molecule has 84 valence electrons. The summed E-state index contributed by atoms with van der Waals surface area (Å²) in [6, 6.07) is -0.271. The van der Waals surface area contributed by atoms with E-state index in [1.807, 2.05) is 13.8 Å². The summed E-state index contributed by atoms with van der Waals surface area (Å²) in [7, 11) is 0.